The quantitative estimate of drug-likeness (QED) is 0.865. The topological polar surface area (TPSA) is 81.4 Å². The molecule has 0 amide bonds. The Morgan fingerprint density at radius 2 is 1.96 bits per heavy atom. The number of rotatable bonds is 4. The van der Waals surface area contributed by atoms with Crippen molar-refractivity contribution in [3.63, 3.8) is 0 Å². The third kappa shape index (κ3) is 3.72. The Hall–Kier alpha value is -2.26. The maximum Gasteiger partial charge on any atom is 0.417 e. The SMILES string of the molecule is NS(=O)(=O)c1ccc(NCc2cccc3c2OCC3)cc1C(F)(F)F. The number of hydrogen-bond donors (Lipinski definition) is 2. The highest BCUT2D eigenvalue weighted by atomic mass is 32.2. The van der Waals surface area contributed by atoms with Crippen LogP contribution in [0.4, 0.5) is 18.9 Å². The normalized spacial score (nSPS) is 14.1. The lowest BCUT2D eigenvalue weighted by molar-refractivity contribution is -0.139. The Kier molecular flexibility index (Phi) is 4.38. The van der Waals surface area contributed by atoms with E-state index in [2.05, 4.69) is 5.32 Å². The fourth-order valence-corrected chi connectivity index (χ4v) is 3.47. The zero-order valence-electron chi connectivity index (χ0n) is 12.9. The molecule has 0 saturated carbocycles. The Balaban J connectivity index is 1.88. The van der Waals surface area contributed by atoms with Gasteiger partial charge in [-0.3, -0.25) is 0 Å². The Morgan fingerprint density at radius 1 is 1.20 bits per heavy atom. The highest BCUT2D eigenvalue weighted by Gasteiger charge is 2.36. The molecule has 2 aromatic rings. The van der Waals surface area contributed by atoms with Crippen molar-refractivity contribution >= 4 is 15.7 Å². The number of alkyl halides is 3. The van der Waals surface area contributed by atoms with E-state index in [4.69, 9.17) is 9.88 Å². The lowest BCUT2D eigenvalue weighted by atomic mass is 10.1. The summed E-state index contributed by atoms with van der Waals surface area (Å²) < 4.78 is 67.7. The van der Waals surface area contributed by atoms with E-state index in [1.165, 1.54) is 6.07 Å². The van der Waals surface area contributed by atoms with Crippen LogP contribution < -0.4 is 15.2 Å². The summed E-state index contributed by atoms with van der Waals surface area (Å²) in [6, 6.07) is 8.46. The first kappa shape index (κ1) is 17.6. The van der Waals surface area contributed by atoms with Crippen LogP contribution in [0.2, 0.25) is 0 Å². The molecule has 0 atom stereocenters. The van der Waals surface area contributed by atoms with Crippen molar-refractivity contribution in [3.05, 3.63) is 53.1 Å². The first-order chi connectivity index (χ1) is 11.7. The van der Waals surface area contributed by atoms with Crippen LogP contribution >= 0.6 is 0 Å². The number of anilines is 1. The Labute approximate surface area is 142 Å². The molecule has 1 heterocycles. The van der Waals surface area contributed by atoms with Crippen molar-refractivity contribution in [1.29, 1.82) is 0 Å². The third-order valence-corrected chi connectivity index (χ3v) is 4.84. The number of hydrogen-bond acceptors (Lipinski definition) is 4. The molecule has 0 radical (unpaired) electrons. The van der Waals surface area contributed by atoms with Crippen molar-refractivity contribution in [3.8, 4) is 5.75 Å². The highest BCUT2D eigenvalue weighted by Crippen LogP contribution is 2.36. The van der Waals surface area contributed by atoms with Gasteiger partial charge in [0.1, 0.15) is 5.75 Å². The zero-order valence-corrected chi connectivity index (χ0v) is 13.7. The maximum atomic E-state index is 13.1. The van der Waals surface area contributed by atoms with Crippen LogP contribution in [-0.2, 0) is 29.2 Å². The van der Waals surface area contributed by atoms with Gasteiger partial charge in [-0.2, -0.15) is 13.2 Å². The molecule has 3 rings (SSSR count). The van der Waals surface area contributed by atoms with Crippen molar-refractivity contribution in [2.45, 2.75) is 24.0 Å². The molecule has 1 aliphatic rings. The van der Waals surface area contributed by atoms with E-state index >= 15 is 0 Å². The molecule has 0 unspecified atom stereocenters. The minimum Gasteiger partial charge on any atom is -0.493 e. The molecule has 2 aromatic carbocycles. The van der Waals surface area contributed by atoms with Gasteiger partial charge in [0.05, 0.1) is 17.1 Å². The summed E-state index contributed by atoms with van der Waals surface area (Å²) in [6.45, 7) is 0.822. The van der Waals surface area contributed by atoms with Gasteiger partial charge in [-0.1, -0.05) is 18.2 Å². The van der Waals surface area contributed by atoms with Crippen LogP contribution in [0.25, 0.3) is 0 Å². The molecular formula is C16H15F3N2O3S. The van der Waals surface area contributed by atoms with E-state index in [9.17, 15) is 21.6 Å². The number of nitrogens with two attached hydrogens (primary N) is 1. The predicted octanol–water partition coefficient (Wildman–Crippen LogP) is 2.90. The van der Waals surface area contributed by atoms with Gasteiger partial charge in [0.25, 0.3) is 0 Å². The van der Waals surface area contributed by atoms with Crippen LogP contribution in [0.15, 0.2) is 41.3 Å². The Bertz CT molecular complexity index is 911. The number of fused-ring (bicyclic) bond motifs is 1. The summed E-state index contributed by atoms with van der Waals surface area (Å²) in [5.41, 5.74) is 0.712. The molecule has 9 heteroatoms. The van der Waals surface area contributed by atoms with Crippen LogP contribution in [0, 0.1) is 0 Å². The molecule has 0 aliphatic carbocycles. The average molecular weight is 372 g/mol. The molecular weight excluding hydrogens is 357 g/mol. The number of ether oxygens (including phenoxy) is 1. The zero-order chi connectivity index (χ0) is 18.2. The lowest BCUT2D eigenvalue weighted by Crippen LogP contribution is -2.19. The first-order valence-corrected chi connectivity index (χ1v) is 8.92. The van der Waals surface area contributed by atoms with E-state index in [0.717, 1.165) is 35.4 Å². The fraction of sp³-hybridized carbons (Fsp3) is 0.250. The Morgan fingerprint density at radius 3 is 2.64 bits per heavy atom. The van der Waals surface area contributed by atoms with Crippen molar-refractivity contribution in [2.75, 3.05) is 11.9 Å². The smallest absolute Gasteiger partial charge is 0.417 e. The van der Waals surface area contributed by atoms with E-state index in [1.807, 2.05) is 18.2 Å². The van der Waals surface area contributed by atoms with Crippen molar-refractivity contribution < 1.29 is 26.3 Å². The lowest BCUT2D eigenvalue weighted by Gasteiger charge is -2.15. The minimum atomic E-state index is -4.84. The molecule has 25 heavy (non-hydrogen) atoms. The van der Waals surface area contributed by atoms with Gasteiger partial charge in [-0.15, -0.1) is 0 Å². The standard InChI is InChI=1S/C16H15F3N2O3S/c17-16(18,19)13-8-12(4-5-14(13)25(20,22)23)21-9-11-3-1-2-10-6-7-24-15(10)11/h1-5,8,21H,6-7,9H2,(H2,20,22,23). The van der Waals surface area contributed by atoms with Gasteiger partial charge in [-0.25, -0.2) is 13.6 Å². The number of benzene rings is 2. The number of primary sulfonamides is 1. The van der Waals surface area contributed by atoms with Gasteiger partial charge < -0.3 is 10.1 Å². The van der Waals surface area contributed by atoms with E-state index in [0.29, 0.717) is 6.61 Å². The second kappa shape index (κ2) is 6.23. The molecule has 1 aliphatic heterocycles. The minimum absolute atomic E-state index is 0.135. The van der Waals surface area contributed by atoms with Crippen LogP contribution in [0.3, 0.4) is 0 Å². The van der Waals surface area contributed by atoms with Gasteiger partial charge in [0.2, 0.25) is 10.0 Å². The summed E-state index contributed by atoms with van der Waals surface area (Å²) in [7, 11) is -4.48. The van der Waals surface area contributed by atoms with Crippen LogP contribution in [0.1, 0.15) is 16.7 Å². The molecule has 5 nitrogen and oxygen atoms in total. The number of sulfonamides is 1. The molecule has 0 bridgehead atoms. The third-order valence-electron chi connectivity index (χ3n) is 3.87. The van der Waals surface area contributed by atoms with Gasteiger partial charge in [-0.05, 0) is 23.8 Å². The largest absolute Gasteiger partial charge is 0.493 e. The summed E-state index contributed by atoms with van der Waals surface area (Å²) >= 11 is 0. The summed E-state index contributed by atoms with van der Waals surface area (Å²) in [6.07, 6.45) is -4.04. The second-order valence-corrected chi connectivity index (χ2v) is 7.14. The maximum absolute atomic E-state index is 13.1. The van der Waals surface area contributed by atoms with Gasteiger partial charge in [0, 0.05) is 24.2 Å². The monoisotopic (exact) mass is 372 g/mol. The molecule has 0 aromatic heterocycles. The second-order valence-electron chi connectivity index (χ2n) is 5.61. The molecule has 3 N–H and O–H groups in total. The summed E-state index contributed by atoms with van der Waals surface area (Å²) in [4.78, 5) is -0.950. The van der Waals surface area contributed by atoms with Gasteiger partial charge in [0.15, 0.2) is 0 Å². The van der Waals surface area contributed by atoms with E-state index in [1.54, 1.807) is 0 Å². The number of halogens is 3. The van der Waals surface area contributed by atoms with Crippen molar-refractivity contribution in [2.24, 2.45) is 5.14 Å². The fourth-order valence-electron chi connectivity index (χ4n) is 2.73. The number of para-hydroxylation sites is 1. The summed E-state index contributed by atoms with van der Waals surface area (Å²) in [5.74, 6) is 0.743. The van der Waals surface area contributed by atoms with Crippen LogP contribution in [-0.4, -0.2) is 15.0 Å². The highest BCUT2D eigenvalue weighted by molar-refractivity contribution is 7.89. The average Bonchev–Trinajstić information content (AvgIpc) is 3.00. The van der Waals surface area contributed by atoms with Gasteiger partial charge >= 0.3 is 6.18 Å². The number of nitrogens with one attached hydrogen (secondary N) is 1. The van der Waals surface area contributed by atoms with Crippen LogP contribution in [0.5, 0.6) is 5.75 Å². The molecule has 0 saturated heterocycles. The molecule has 0 spiro atoms. The molecule has 134 valence electrons. The van der Waals surface area contributed by atoms with E-state index < -0.39 is 26.7 Å². The predicted molar refractivity (Wildman–Crippen MR) is 85.8 cm³/mol. The summed E-state index contributed by atoms with van der Waals surface area (Å²) in [5, 5.41) is 7.73. The van der Waals surface area contributed by atoms with Crippen molar-refractivity contribution in [1.82, 2.24) is 0 Å². The van der Waals surface area contributed by atoms with E-state index in [-0.39, 0.29) is 12.2 Å². The molecule has 0 fully saturated rings. The first-order valence-electron chi connectivity index (χ1n) is 7.38.